The van der Waals surface area contributed by atoms with Crippen LogP contribution in [-0.2, 0) is 17.1 Å². The fourth-order valence-corrected chi connectivity index (χ4v) is 4.19. The topological polar surface area (TPSA) is 96.2 Å². The number of aryl methyl sites for hydroxylation is 2. The van der Waals surface area contributed by atoms with Crippen LogP contribution in [0.25, 0.3) is 0 Å². The minimum atomic E-state index is -3.54. The van der Waals surface area contributed by atoms with Gasteiger partial charge in [0.2, 0.25) is 0 Å². The molecule has 0 saturated carbocycles. The van der Waals surface area contributed by atoms with Crippen molar-refractivity contribution in [2.24, 2.45) is 7.05 Å². The molecule has 0 atom stereocenters. The van der Waals surface area contributed by atoms with Crippen LogP contribution in [-0.4, -0.2) is 65.0 Å². The van der Waals surface area contributed by atoms with Crippen LogP contribution in [0.5, 0.6) is 0 Å². The summed E-state index contributed by atoms with van der Waals surface area (Å²) in [5, 5.41) is 3.28. The molecule has 3 rings (SSSR count). The van der Waals surface area contributed by atoms with E-state index < -0.39 is 10.0 Å². The number of sulfonamides is 1. The molecule has 1 aliphatic rings. The third-order valence-corrected chi connectivity index (χ3v) is 5.81. The van der Waals surface area contributed by atoms with Crippen molar-refractivity contribution in [3.05, 3.63) is 24.4 Å². The minimum Gasteiger partial charge on any atom is -0.370 e. The Morgan fingerprint density at radius 3 is 2.52 bits per heavy atom. The summed E-state index contributed by atoms with van der Waals surface area (Å²) in [5.74, 6) is 2.30. The average molecular weight is 365 g/mol. The van der Waals surface area contributed by atoms with Crippen molar-refractivity contribution in [1.29, 1.82) is 0 Å². The van der Waals surface area contributed by atoms with E-state index in [0.29, 0.717) is 32.0 Å². The number of nitrogens with one attached hydrogen (secondary N) is 1. The Hall–Kier alpha value is -2.20. The van der Waals surface area contributed by atoms with Gasteiger partial charge in [-0.3, -0.25) is 0 Å². The van der Waals surface area contributed by atoms with Crippen LogP contribution in [0.2, 0.25) is 0 Å². The molecule has 2 aromatic heterocycles. The van der Waals surface area contributed by atoms with E-state index in [9.17, 15) is 8.42 Å². The first kappa shape index (κ1) is 17.6. The first-order valence-corrected chi connectivity index (χ1v) is 9.67. The second-order valence-electron chi connectivity index (χ2n) is 5.96. The number of hydrogen-bond acceptors (Lipinski definition) is 7. The highest BCUT2D eigenvalue weighted by molar-refractivity contribution is 7.89. The predicted molar refractivity (Wildman–Crippen MR) is 95.1 cm³/mol. The second kappa shape index (κ2) is 6.96. The molecule has 10 heteroatoms. The first-order valence-electron chi connectivity index (χ1n) is 8.23. The second-order valence-corrected chi connectivity index (χ2v) is 7.84. The maximum absolute atomic E-state index is 12.6. The van der Waals surface area contributed by atoms with Crippen LogP contribution in [0.15, 0.2) is 23.6 Å². The molecule has 0 aliphatic carbocycles. The molecule has 0 radical (unpaired) electrons. The zero-order valence-corrected chi connectivity index (χ0v) is 15.5. The molecule has 0 bridgehead atoms. The van der Waals surface area contributed by atoms with Gasteiger partial charge in [-0.15, -0.1) is 0 Å². The zero-order valence-electron chi connectivity index (χ0n) is 14.7. The molecule has 1 N–H and O–H groups in total. The van der Waals surface area contributed by atoms with Crippen LogP contribution in [0.1, 0.15) is 12.7 Å². The first-order chi connectivity index (χ1) is 11.9. The fourth-order valence-electron chi connectivity index (χ4n) is 2.80. The van der Waals surface area contributed by atoms with E-state index in [1.165, 1.54) is 16.8 Å². The van der Waals surface area contributed by atoms with E-state index in [2.05, 4.69) is 25.2 Å². The Balaban J connectivity index is 1.72. The molecular weight excluding hydrogens is 342 g/mol. The molecule has 0 unspecified atom stereocenters. The van der Waals surface area contributed by atoms with Gasteiger partial charge in [-0.05, 0) is 13.8 Å². The Morgan fingerprint density at radius 1 is 1.20 bits per heavy atom. The Kier molecular flexibility index (Phi) is 4.91. The average Bonchev–Trinajstić information content (AvgIpc) is 3.02. The largest absolute Gasteiger partial charge is 0.370 e. The van der Waals surface area contributed by atoms with Gasteiger partial charge >= 0.3 is 0 Å². The third-order valence-electron chi connectivity index (χ3n) is 4.03. The molecule has 1 aliphatic heterocycles. The molecule has 2 aromatic rings. The number of anilines is 2. The SMILES string of the molecule is CCNc1cc(N2CCN(S(=O)(=O)c3cn(C)cn3)CC2)nc(C)n1. The molecule has 3 heterocycles. The van der Waals surface area contributed by atoms with Crippen molar-refractivity contribution < 1.29 is 8.42 Å². The van der Waals surface area contributed by atoms with Gasteiger partial charge in [0.1, 0.15) is 17.5 Å². The number of imidazole rings is 1. The lowest BCUT2D eigenvalue weighted by Crippen LogP contribution is -2.49. The molecule has 136 valence electrons. The maximum atomic E-state index is 12.6. The Morgan fingerprint density at radius 2 is 1.92 bits per heavy atom. The van der Waals surface area contributed by atoms with E-state index in [-0.39, 0.29) is 5.03 Å². The molecule has 1 fully saturated rings. The van der Waals surface area contributed by atoms with Crippen molar-refractivity contribution in [2.75, 3.05) is 42.9 Å². The number of nitrogens with zero attached hydrogens (tertiary/aromatic N) is 6. The van der Waals surface area contributed by atoms with Crippen molar-refractivity contribution in [3.8, 4) is 0 Å². The van der Waals surface area contributed by atoms with Crippen LogP contribution in [0, 0.1) is 6.92 Å². The molecule has 0 spiro atoms. The number of piperazine rings is 1. The highest BCUT2D eigenvalue weighted by Crippen LogP contribution is 2.20. The molecule has 25 heavy (non-hydrogen) atoms. The monoisotopic (exact) mass is 365 g/mol. The lowest BCUT2D eigenvalue weighted by molar-refractivity contribution is 0.382. The minimum absolute atomic E-state index is 0.0933. The van der Waals surface area contributed by atoms with E-state index in [1.54, 1.807) is 11.6 Å². The molecular formula is C15H23N7O2S. The van der Waals surface area contributed by atoms with Crippen molar-refractivity contribution >= 4 is 21.7 Å². The van der Waals surface area contributed by atoms with Crippen molar-refractivity contribution in [3.63, 3.8) is 0 Å². The smallest absolute Gasteiger partial charge is 0.262 e. The Labute approximate surface area is 147 Å². The predicted octanol–water partition coefficient (Wildman–Crippen LogP) is 0.461. The quantitative estimate of drug-likeness (QED) is 0.822. The molecule has 9 nitrogen and oxygen atoms in total. The summed E-state index contributed by atoms with van der Waals surface area (Å²) in [6.07, 6.45) is 3.02. The normalized spacial score (nSPS) is 16.2. The lowest BCUT2D eigenvalue weighted by atomic mass is 10.3. The summed E-state index contributed by atoms with van der Waals surface area (Å²) < 4.78 is 28.4. The summed E-state index contributed by atoms with van der Waals surface area (Å²) in [7, 11) is -1.79. The van der Waals surface area contributed by atoms with E-state index in [0.717, 1.165) is 18.2 Å². The standard InChI is InChI=1S/C15H23N7O2S/c1-4-16-13-9-14(19-12(2)18-13)21-5-7-22(8-6-21)25(23,24)15-10-20(3)11-17-15/h9-11H,4-8H2,1-3H3,(H,16,18,19). The Bertz CT molecular complexity index is 841. The maximum Gasteiger partial charge on any atom is 0.262 e. The molecule has 0 amide bonds. The van der Waals surface area contributed by atoms with Gasteiger partial charge in [-0.1, -0.05) is 0 Å². The third kappa shape index (κ3) is 3.74. The van der Waals surface area contributed by atoms with Gasteiger partial charge in [0.05, 0.1) is 6.33 Å². The zero-order chi connectivity index (χ0) is 18.0. The van der Waals surface area contributed by atoms with Crippen LogP contribution < -0.4 is 10.2 Å². The van der Waals surface area contributed by atoms with Gasteiger partial charge in [-0.25, -0.2) is 23.4 Å². The molecule has 0 aromatic carbocycles. The lowest BCUT2D eigenvalue weighted by Gasteiger charge is -2.34. The van der Waals surface area contributed by atoms with Gasteiger partial charge in [-0.2, -0.15) is 4.31 Å². The number of hydrogen-bond donors (Lipinski definition) is 1. The number of rotatable bonds is 5. The van der Waals surface area contributed by atoms with Crippen LogP contribution in [0.3, 0.4) is 0 Å². The van der Waals surface area contributed by atoms with Crippen molar-refractivity contribution in [2.45, 2.75) is 18.9 Å². The molecule has 1 saturated heterocycles. The highest BCUT2D eigenvalue weighted by Gasteiger charge is 2.30. The summed E-state index contributed by atoms with van der Waals surface area (Å²) in [6, 6.07) is 1.90. The van der Waals surface area contributed by atoms with Crippen LogP contribution >= 0.6 is 0 Å². The summed E-state index contributed by atoms with van der Waals surface area (Å²) in [6.45, 7) is 6.61. The van der Waals surface area contributed by atoms with E-state index in [4.69, 9.17) is 0 Å². The van der Waals surface area contributed by atoms with E-state index in [1.807, 2.05) is 19.9 Å². The highest BCUT2D eigenvalue weighted by atomic mass is 32.2. The van der Waals surface area contributed by atoms with E-state index >= 15 is 0 Å². The summed E-state index contributed by atoms with van der Waals surface area (Å²) >= 11 is 0. The van der Waals surface area contributed by atoms with Gasteiger partial charge < -0.3 is 14.8 Å². The van der Waals surface area contributed by atoms with Crippen LogP contribution in [0.4, 0.5) is 11.6 Å². The summed E-state index contributed by atoms with van der Waals surface area (Å²) in [4.78, 5) is 14.9. The van der Waals surface area contributed by atoms with Gasteiger partial charge in [0.15, 0.2) is 5.03 Å². The number of aromatic nitrogens is 4. The summed E-state index contributed by atoms with van der Waals surface area (Å²) in [5.41, 5.74) is 0. The van der Waals surface area contributed by atoms with Gasteiger partial charge in [0.25, 0.3) is 10.0 Å². The van der Waals surface area contributed by atoms with Crippen molar-refractivity contribution in [1.82, 2.24) is 23.8 Å². The van der Waals surface area contributed by atoms with Gasteiger partial charge in [0, 0.05) is 52.0 Å². The fraction of sp³-hybridized carbons (Fsp3) is 0.533.